The number of hydrogen-bond acceptors (Lipinski definition) is 3. The van der Waals surface area contributed by atoms with Gasteiger partial charge in [0.05, 0.1) is 5.56 Å². The normalized spacial score (nSPS) is 10.5. The number of nitrogens with one attached hydrogen (secondary N) is 1. The number of amides is 1. The summed E-state index contributed by atoms with van der Waals surface area (Å²) in [6.45, 7) is 5.68. The maximum atomic E-state index is 11.3. The Morgan fingerprint density at radius 2 is 2.00 bits per heavy atom. The molecule has 0 aliphatic rings. The number of hydroxylamine groups is 1. The van der Waals surface area contributed by atoms with Crippen molar-refractivity contribution in [1.82, 2.24) is 5.48 Å². The minimum absolute atomic E-state index is 0.100. The monoisotopic (exact) mass is 209 g/mol. The van der Waals surface area contributed by atoms with Gasteiger partial charge in [-0.05, 0) is 30.0 Å². The number of benzene rings is 1. The summed E-state index contributed by atoms with van der Waals surface area (Å²) in [7, 11) is 0. The van der Waals surface area contributed by atoms with E-state index in [1.165, 1.54) is 11.5 Å². The molecular weight excluding hydrogens is 194 g/mol. The summed E-state index contributed by atoms with van der Waals surface area (Å²) in [5.41, 5.74) is 3.28. The van der Waals surface area contributed by atoms with Crippen LogP contribution in [0.2, 0.25) is 0 Å². The number of carbonyl (C=O) groups excluding carboxylic acids is 1. The molecule has 0 unspecified atom stereocenters. The van der Waals surface area contributed by atoms with Gasteiger partial charge in [0, 0.05) is 0 Å². The van der Waals surface area contributed by atoms with E-state index in [0.717, 1.165) is 11.1 Å². The molecule has 0 aliphatic carbocycles. The van der Waals surface area contributed by atoms with Crippen molar-refractivity contribution < 1.29 is 15.1 Å². The van der Waals surface area contributed by atoms with Crippen LogP contribution in [0.1, 0.15) is 41.3 Å². The van der Waals surface area contributed by atoms with Crippen molar-refractivity contribution in [3.63, 3.8) is 0 Å². The molecule has 3 N–H and O–H groups in total. The highest BCUT2D eigenvalue weighted by atomic mass is 16.5. The zero-order valence-corrected chi connectivity index (χ0v) is 9.03. The van der Waals surface area contributed by atoms with Crippen LogP contribution in [-0.4, -0.2) is 16.2 Å². The topological polar surface area (TPSA) is 69.6 Å². The summed E-state index contributed by atoms with van der Waals surface area (Å²) in [5, 5.41) is 18.2. The Morgan fingerprint density at radius 1 is 1.40 bits per heavy atom. The van der Waals surface area contributed by atoms with E-state index in [1.807, 2.05) is 26.8 Å². The first-order chi connectivity index (χ1) is 6.97. The molecule has 1 aromatic carbocycles. The number of aromatic hydroxyl groups is 1. The zero-order valence-electron chi connectivity index (χ0n) is 9.03. The summed E-state index contributed by atoms with van der Waals surface area (Å²) in [6.07, 6.45) is 0. The van der Waals surface area contributed by atoms with Gasteiger partial charge in [-0.1, -0.05) is 19.9 Å². The van der Waals surface area contributed by atoms with Gasteiger partial charge in [-0.2, -0.15) is 0 Å². The lowest BCUT2D eigenvalue weighted by Gasteiger charge is -2.13. The van der Waals surface area contributed by atoms with Crippen LogP contribution >= 0.6 is 0 Å². The van der Waals surface area contributed by atoms with Crippen molar-refractivity contribution in [3.05, 3.63) is 28.8 Å². The molecule has 0 aromatic heterocycles. The molecular formula is C11H15NO3. The SMILES string of the molecule is Cc1cc(O)c(C(=O)NO)c(C(C)C)c1. The second-order valence-corrected chi connectivity index (χ2v) is 3.84. The minimum atomic E-state index is -0.684. The molecule has 0 saturated heterocycles. The van der Waals surface area contributed by atoms with E-state index in [1.54, 1.807) is 0 Å². The van der Waals surface area contributed by atoms with Crippen molar-refractivity contribution in [1.29, 1.82) is 0 Å². The molecule has 0 spiro atoms. The fourth-order valence-electron chi connectivity index (χ4n) is 1.55. The highest BCUT2D eigenvalue weighted by Crippen LogP contribution is 2.28. The van der Waals surface area contributed by atoms with E-state index in [0.29, 0.717) is 0 Å². The lowest BCUT2D eigenvalue weighted by Crippen LogP contribution is -2.21. The van der Waals surface area contributed by atoms with Crippen molar-refractivity contribution in [2.45, 2.75) is 26.7 Å². The third-order valence-electron chi connectivity index (χ3n) is 2.24. The fourth-order valence-corrected chi connectivity index (χ4v) is 1.55. The molecule has 0 radical (unpaired) electrons. The molecule has 1 amide bonds. The van der Waals surface area contributed by atoms with E-state index in [4.69, 9.17) is 5.21 Å². The van der Waals surface area contributed by atoms with Crippen LogP contribution in [0.3, 0.4) is 0 Å². The second kappa shape index (κ2) is 4.31. The van der Waals surface area contributed by atoms with Gasteiger partial charge in [0.1, 0.15) is 5.75 Å². The number of aryl methyl sites for hydroxylation is 1. The Balaban J connectivity index is 3.40. The molecule has 0 aliphatic heterocycles. The van der Waals surface area contributed by atoms with Gasteiger partial charge in [0.15, 0.2) is 0 Å². The van der Waals surface area contributed by atoms with Crippen LogP contribution < -0.4 is 5.48 Å². The molecule has 82 valence electrons. The molecule has 1 rings (SSSR count). The number of carbonyl (C=O) groups is 1. The molecule has 4 heteroatoms. The first kappa shape index (κ1) is 11.5. The van der Waals surface area contributed by atoms with Gasteiger partial charge in [0.2, 0.25) is 0 Å². The maximum absolute atomic E-state index is 11.3. The van der Waals surface area contributed by atoms with Crippen molar-refractivity contribution in [2.75, 3.05) is 0 Å². The summed E-state index contributed by atoms with van der Waals surface area (Å²) >= 11 is 0. The largest absolute Gasteiger partial charge is 0.507 e. The first-order valence-corrected chi connectivity index (χ1v) is 4.75. The predicted molar refractivity (Wildman–Crippen MR) is 56.2 cm³/mol. The van der Waals surface area contributed by atoms with Crippen LogP contribution in [0.4, 0.5) is 0 Å². The molecule has 1 aromatic rings. The summed E-state index contributed by atoms with van der Waals surface area (Å²) in [6, 6.07) is 3.32. The third kappa shape index (κ3) is 2.27. The van der Waals surface area contributed by atoms with Crippen LogP contribution in [0.15, 0.2) is 12.1 Å². The minimum Gasteiger partial charge on any atom is -0.507 e. The maximum Gasteiger partial charge on any atom is 0.278 e. The highest BCUT2D eigenvalue weighted by molar-refractivity contribution is 5.97. The molecule has 0 fully saturated rings. The molecule has 0 heterocycles. The Morgan fingerprint density at radius 3 is 2.47 bits per heavy atom. The molecule has 15 heavy (non-hydrogen) atoms. The summed E-state index contributed by atoms with van der Waals surface area (Å²) < 4.78 is 0. The average Bonchev–Trinajstić information content (AvgIpc) is 2.15. The fraction of sp³-hybridized carbons (Fsp3) is 0.364. The Bertz CT molecular complexity index is 386. The Labute approximate surface area is 88.5 Å². The Hall–Kier alpha value is -1.55. The van der Waals surface area contributed by atoms with Gasteiger partial charge >= 0.3 is 0 Å². The van der Waals surface area contributed by atoms with Crippen LogP contribution in [-0.2, 0) is 0 Å². The van der Waals surface area contributed by atoms with Gasteiger partial charge in [0.25, 0.3) is 5.91 Å². The molecule has 0 atom stereocenters. The molecule has 0 bridgehead atoms. The zero-order chi connectivity index (χ0) is 11.6. The summed E-state index contributed by atoms with van der Waals surface area (Å²) in [4.78, 5) is 11.3. The van der Waals surface area contributed by atoms with Crippen LogP contribution in [0.5, 0.6) is 5.75 Å². The molecule has 0 saturated carbocycles. The lowest BCUT2D eigenvalue weighted by molar-refractivity contribution is 0.0702. The Kier molecular flexibility index (Phi) is 3.31. The highest BCUT2D eigenvalue weighted by Gasteiger charge is 2.18. The number of rotatable bonds is 2. The van der Waals surface area contributed by atoms with Gasteiger partial charge < -0.3 is 5.11 Å². The van der Waals surface area contributed by atoms with Gasteiger partial charge in [-0.15, -0.1) is 0 Å². The lowest BCUT2D eigenvalue weighted by atomic mass is 9.94. The van der Waals surface area contributed by atoms with E-state index < -0.39 is 5.91 Å². The summed E-state index contributed by atoms with van der Waals surface area (Å²) in [5.74, 6) is -0.690. The van der Waals surface area contributed by atoms with Crippen LogP contribution in [0, 0.1) is 6.92 Å². The predicted octanol–water partition coefficient (Wildman–Crippen LogP) is 1.94. The van der Waals surface area contributed by atoms with Crippen molar-refractivity contribution in [3.8, 4) is 5.75 Å². The smallest absolute Gasteiger partial charge is 0.278 e. The number of phenolic OH excluding ortho intramolecular Hbond substituents is 1. The third-order valence-corrected chi connectivity index (χ3v) is 2.24. The number of hydrogen-bond donors (Lipinski definition) is 3. The average molecular weight is 209 g/mol. The van der Waals surface area contributed by atoms with Gasteiger partial charge in [-0.3, -0.25) is 10.0 Å². The van der Waals surface area contributed by atoms with Gasteiger partial charge in [-0.25, -0.2) is 5.48 Å². The number of phenols is 1. The van der Waals surface area contributed by atoms with E-state index >= 15 is 0 Å². The van der Waals surface area contributed by atoms with E-state index in [2.05, 4.69) is 0 Å². The quantitative estimate of drug-likeness (QED) is 0.515. The second-order valence-electron chi connectivity index (χ2n) is 3.84. The van der Waals surface area contributed by atoms with Crippen molar-refractivity contribution in [2.24, 2.45) is 0 Å². The van der Waals surface area contributed by atoms with Crippen LogP contribution in [0.25, 0.3) is 0 Å². The van der Waals surface area contributed by atoms with E-state index in [9.17, 15) is 9.90 Å². The standard InChI is InChI=1S/C11H15NO3/c1-6(2)8-4-7(3)5-9(13)10(8)11(14)12-15/h4-6,13,15H,1-3H3,(H,12,14). The van der Waals surface area contributed by atoms with E-state index in [-0.39, 0.29) is 17.2 Å². The van der Waals surface area contributed by atoms with Crippen molar-refractivity contribution >= 4 is 5.91 Å². The molecule has 4 nitrogen and oxygen atoms in total. The first-order valence-electron chi connectivity index (χ1n) is 4.75.